The highest BCUT2D eigenvalue weighted by Crippen LogP contribution is 2.29. The lowest BCUT2D eigenvalue weighted by molar-refractivity contribution is -0.391. The molecule has 2 heterocycles. The number of hydrogen-bond donors (Lipinski definition) is 0. The van der Waals surface area contributed by atoms with Gasteiger partial charge in [-0.2, -0.15) is 4.99 Å². The molecule has 1 aromatic rings. The molecule has 0 saturated heterocycles. The lowest BCUT2D eigenvalue weighted by Crippen LogP contribution is -2.16. The number of nitro groups is 1. The van der Waals surface area contributed by atoms with E-state index in [4.69, 9.17) is 0 Å². The van der Waals surface area contributed by atoms with Crippen molar-refractivity contribution in [3.63, 3.8) is 0 Å². The number of thioether (sulfide) groups is 1. The smallest absolute Gasteiger partial charge is 0.342 e. The number of nitrogens with zero attached hydrogens (tertiary/aromatic N) is 5. The maximum atomic E-state index is 11.7. The van der Waals surface area contributed by atoms with Gasteiger partial charge in [-0.15, -0.1) is 0 Å². The Morgan fingerprint density at radius 2 is 2.21 bits per heavy atom. The van der Waals surface area contributed by atoms with Crippen LogP contribution in [0.4, 0.5) is 5.82 Å². The van der Waals surface area contributed by atoms with Crippen LogP contribution in [0.1, 0.15) is 5.82 Å². The Hall–Kier alpha value is -2.16. The Morgan fingerprint density at radius 3 is 2.68 bits per heavy atom. The van der Waals surface area contributed by atoms with E-state index < -0.39 is 4.92 Å². The predicted molar refractivity (Wildman–Crippen MR) is 71.6 cm³/mol. The van der Waals surface area contributed by atoms with Crippen LogP contribution in [0.2, 0.25) is 0 Å². The summed E-state index contributed by atoms with van der Waals surface area (Å²) in [4.78, 5) is 31.8. The molecule has 1 aliphatic heterocycles. The molecule has 0 saturated carbocycles. The zero-order chi connectivity index (χ0) is 14.2. The minimum absolute atomic E-state index is 0.129. The van der Waals surface area contributed by atoms with E-state index in [1.54, 1.807) is 19.0 Å². The first-order valence-electron chi connectivity index (χ1n) is 5.26. The van der Waals surface area contributed by atoms with Crippen molar-refractivity contribution < 1.29 is 9.72 Å². The van der Waals surface area contributed by atoms with Gasteiger partial charge in [0.15, 0.2) is 5.17 Å². The third-order valence-corrected chi connectivity index (χ3v) is 3.59. The molecule has 8 nitrogen and oxygen atoms in total. The van der Waals surface area contributed by atoms with Crippen LogP contribution in [-0.4, -0.2) is 44.5 Å². The summed E-state index contributed by atoms with van der Waals surface area (Å²) in [6.45, 7) is 0. The molecule has 1 amide bonds. The summed E-state index contributed by atoms with van der Waals surface area (Å²) >= 11 is 1.21. The Balaban J connectivity index is 2.30. The summed E-state index contributed by atoms with van der Waals surface area (Å²) in [6.07, 6.45) is 2.66. The van der Waals surface area contributed by atoms with E-state index in [1.807, 2.05) is 0 Å². The number of aliphatic imine (C=N–C) groups is 1. The second-order valence-electron chi connectivity index (χ2n) is 4.00. The monoisotopic (exact) mass is 281 g/mol. The Kier molecular flexibility index (Phi) is 3.38. The molecule has 0 aliphatic carbocycles. The van der Waals surface area contributed by atoms with Crippen molar-refractivity contribution in [1.29, 1.82) is 0 Å². The van der Waals surface area contributed by atoms with Gasteiger partial charge in [-0.3, -0.25) is 4.79 Å². The van der Waals surface area contributed by atoms with E-state index in [9.17, 15) is 14.9 Å². The first-order valence-corrected chi connectivity index (χ1v) is 6.08. The number of imidazole rings is 1. The average molecular weight is 281 g/mol. The van der Waals surface area contributed by atoms with Crippen molar-refractivity contribution in [1.82, 2.24) is 14.5 Å². The van der Waals surface area contributed by atoms with Crippen LogP contribution >= 0.6 is 11.8 Å². The summed E-state index contributed by atoms with van der Waals surface area (Å²) in [7, 11) is 5.09. The fourth-order valence-corrected chi connectivity index (χ4v) is 2.23. The first-order chi connectivity index (χ1) is 8.90. The highest BCUT2D eigenvalue weighted by molar-refractivity contribution is 8.18. The number of aromatic nitrogens is 2. The van der Waals surface area contributed by atoms with Gasteiger partial charge in [0, 0.05) is 20.2 Å². The van der Waals surface area contributed by atoms with E-state index in [2.05, 4.69) is 9.98 Å². The number of carbonyl (C=O) groups is 1. The summed E-state index contributed by atoms with van der Waals surface area (Å²) in [6, 6.07) is 0. The second kappa shape index (κ2) is 4.84. The quantitative estimate of drug-likeness (QED) is 0.453. The maximum absolute atomic E-state index is 11.7. The molecule has 0 aromatic carbocycles. The normalized spacial score (nSPS) is 16.9. The average Bonchev–Trinajstić information content (AvgIpc) is 2.85. The molecule has 9 heteroatoms. The number of hydrogen-bond acceptors (Lipinski definition) is 6. The Bertz CT molecular complexity index is 617. The summed E-state index contributed by atoms with van der Waals surface area (Å²) in [5, 5.41) is 11.3. The van der Waals surface area contributed by atoms with Gasteiger partial charge < -0.3 is 15.0 Å². The molecule has 2 rings (SSSR count). The van der Waals surface area contributed by atoms with Gasteiger partial charge >= 0.3 is 5.82 Å². The molecule has 0 radical (unpaired) electrons. The van der Waals surface area contributed by atoms with Crippen LogP contribution in [0, 0.1) is 10.1 Å². The van der Waals surface area contributed by atoms with Crippen molar-refractivity contribution >= 4 is 34.7 Å². The van der Waals surface area contributed by atoms with Crippen LogP contribution in [0.15, 0.2) is 16.1 Å². The molecule has 0 spiro atoms. The molecule has 0 bridgehead atoms. The van der Waals surface area contributed by atoms with Crippen molar-refractivity contribution in [3.05, 3.63) is 27.0 Å². The van der Waals surface area contributed by atoms with Gasteiger partial charge in [0.25, 0.3) is 5.91 Å². The zero-order valence-electron chi connectivity index (χ0n) is 10.5. The van der Waals surface area contributed by atoms with Crippen LogP contribution in [0.25, 0.3) is 6.08 Å². The lowest BCUT2D eigenvalue weighted by atomic mass is 10.4. The first kappa shape index (κ1) is 13.3. The van der Waals surface area contributed by atoms with Crippen molar-refractivity contribution in [3.8, 4) is 0 Å². The van der Waals surface area contributed by atoms with E-state index in [1.165, 1.54) is 29.5 Å². The van der Waals surface area contributed by atoms with Crippen LogP contribution < -0.4 is 0 Å². The molecule has 0 fully saturated rings. The van der Waals surface area contributed by atoms with Gasteiger partial charge in [-0.05, 0) is 16.7 Å². The lowest BCUT2D eigenvalue weighted by Gasteiger charge is -2.08. The molecular weight excluding hydrogens is 270 g/mol. The topological polar surface area (TPSA) is 93.6 Å². The summed E-state index contributed by atoms with van der Waals surface area (Å²) < 4.78 is 1.31. The van der Waals surface area contributed by atoms with Crippen molar-refractivity contribution in [2.75, 3.05) is 14.1 Å². The van der Waals surface area contributed by atoms with Crippen molar-refractivity contribution in [2.45, 2.75) is 0 Å². The second-order valence-corrected chi connectivity index (χ2v) is 5.00. The predicted octanol–water partition coefficient (Wildman–Crippen LogP) is 0.860. The van der Waals surface area contributed by atoms with Crippen LogP contribution in [0.5, 0.6) is 0 Å². The van der Waals surface area contributed by atoms with Gasteiger partial charge in [-0.25, -0.2) is 9.55 Å². The molecule has 1 aliphatic rings. The summed E-state index contributed by atoms with van der Waals surface area (Å²) in [5.74, 6) is -0.145. The molecule has 19 heavy (non-hydrogen) atoms. The molecule has 0 atom stereocenters. The van der Waals surface area contributed by atoms with Gasteiger partial charge in [-0.1, -0.05) is 0 Å². The highest BCUT2D eigenvalue weighted by Gasteiger charge is 2.25. The highest BCUT2D eigenvalue weighted by atomic mass is 32.2. The van der Waals surface area contributed by atoms with E-state index >= 15 is 0 Å². The minimum atomic E-state index is -0.527. The van der Waals surface area contributed by atoms with Crippen LogP contribution in [-0.2, 0) is 11.8 Å². The Morgan fingerprint density at radius 1 is 1.53 bits per heavy atom. The number of amidine groups is 1. The molecule has 100 valence electrons. The standard InChI is InChI=1S/C10H11N5O3S/c1-13(2)10-12-9(16)6(19-10)4-7-11-5-8(14(7)3)15(17)18/h4-5H,1-3H3/b6-4-. The third-order valence-electron chi connectivity index (χ3n) is 2.44. The van der Waals surface area contributed by atoms with E-state index in [0.29, 0.717) is 15.9 Å². The summed E-state index contributed by atoms with van der Waals surface area (Å²) in [5.41, 5.74) is 0. The van der Waals surface area contributed by atoms with E-state index in [-0.39, 0.29) is 11.7 Å². The molecule has 0 unspecified atom stereocenters. The fourth-order valence-electron chi connectivity index (χ4n) is 1.42. The van der Waals surface area contributed by atoms with Crippen molar-refractivity contribution in [2.24, 2.45) is 12.0 Å². The van der Waals surface area contributed by atoms with Crippen LogP contribution in [0.3, 0.4) is 0 Å². The number of amides is 1. The molecule has 1 aromatic heterocycles. The Labute approximate surface area is 113 Å². The van der Waals surface area contributed by atoms with E-state index in [0.717, 1.165) is 6.20 Å². The third kappa shape index (κ3) is 2.50. The van der Waals surface area contributed by atoms with Gasteiger partial charge in [0.05, 0.1) is 12.0 Å². The number of rotatable bonds is 2. The zero-order valence-corrected chi connectivity index (χ0v) is 11.3. The largest absolute Gasteiger partial charge is 0.358 e. The SMILES string of the molecule is CN(C)C1=NC(=O)/C(=C/c2ncc([N+](=O)[O-])n2C)S1. The maximum Gasteiger partial charge on any atom is 0.342 e. The number of carbonyl (C=O) groups excluding carboxylic acids is 1. The minimum Gasteiger partial charge on any atom is -0.358 e. The molecular formula is C10H11N5O3S. The molecule has 0 N–H and O–H groups in total. The fraction of sp³-hybridized carbons (Fsp3) is 0.300. The van der Waals surface area contributed by atoms with Gasteiger partial charge in [0.2, 0.25) is 5.82 Å². The van der Waals surface area contributed by atoms with Gasteiger partial charge in [0.1, 0.15) is 6.20 Å².